The molecule has 130 valence electrons. The lowest BCUT2D eigenvalue weighted by Gasteiger charge is -2.34. The van der Waals surface area contributed by atoms with Crippen molar-refractivity contribution in [2.75, 3.05) is 31.5 Å². The molecule has 7 heteroatoms. The van der Waals surface area contributed by atoms with Gasteiger partial charge in [0, 0.05) is 44.4 Å². The van der Waals surface area contributed by atoms with Crippen LogP contribution >= 0.6 is 11.3 Å². The van der Waals surface area contributed by atoms with Crippen molar-refractivity contribution in [3.05, 3.63) is 52.2 Å². The minimum Gasteiger partial charge on any atom is -0.335 e. The normalized spacial score (nSPS) is 14.3. The van der Waals surface area contributed by atoms with Crippen LogP contribution in [0.4, 0.5) is 5.69 Å². The summed E-state index contributed by atoms with van der Waals surface area (Å²) in [5, 5.41) is 4.56. The number of nitrogens with one attached hydrogen (secondary N) is 1. The number of piperazine rings is 1. The number of amides is 3. The molecule has 2 aromatic rings. The van der Waals surface area contributed by atoms with Gasteiger partial charge in [-0.25, -0.2) is 0 Å². The van der Waals surface area contributed by atoms with Crippen LogP contribution in [0.15, 0.2) is 41.8 Å². The number of rotatable bonds is 3. The van der Waals surface area contributed by atoms with E-state index in [2.05, 4.69) is 5.32 Å². The van der Waals surface area contributed by atoms with E-state index in [0.717, 1.165) is 4.88 Å². The first-order valence-electron chi connectivity index (χ1n) is 8.04. The van der Waals surface area contributed by atoms with Gasteiger partial charge in [0.2, 0.25) is 5.91 Å². The maximum Gasteiger partial charge on any atom is 0.264 e. The third-order valence-electron chi connectivity index (χ3n) is 4.04. The molecule has 1 aromatic heterocycles. The Labute approximate surface area is 150 Å². The van der Waals surface area contributed by atoms with E-state index < -0.39 is 0 Å². The summed E-state index contributed by atoms with van der Waals surface area (Å²) >= 11 is 1.43. The van der Waals surface area contributed by atoms with Crippen molar-refractivity contribution in [3.63, 3.8) is 0 Å². The molecule has 0 bridgehead atoms. The van der Waals surface area contributed by atoms with Crippen LogP contribution in [0.5, 0.6) is 0 Å². The molecule has 0 radical (unpaired) electrons. The van der Waals surface area contributed by atoms with E-state index in [1.807, 2.05) is 17.5 Å². The van der Waals surface area contributed by atoms with Gasteiger partial charge in [-0.1, -0.05) is 6.07 Å². The summed E-state index contributed by atoms with van der Waals surface area (Å²) in [5.41, 5.74) is 1.24. The standard InChI is InChI=1S/C18H19N3O3S/c1-13(22)19-15-6-4-14(5-7-15)17(23)20-8-10-21(11-9-20)18(24)16-3-2-12-25-16/h2-7,12H,8-11H2,1H3,(H,19,22). The molecule has 0 saturated carbocycles. The second-order valence-corrected chi connectivity index (χ2v) is 6.77. The van der Waals surface area contributed by atoms with Crippen LogP contribution in [0, 0.1) is 0 Å². The van der Waals surface area contributed by atoms with Crippen LogP contribution in [-0.4, -0.2) is 53.7 Å². The van der Waals surface area contributed by atoms with Crippen LogP contribution in [0.3, 0.4) is 0 Å². The van der Waals surface area contributed by atoms with Gasteiger partial charge < -0.3 is 15.1 Å². The minimum absolute atomic E-state index is 0.0294. The molecule has 2 heterocycles. The van der Waals surface area contributed by atoms with Crippen LogP contribution in [0.25, 0.3) is 0 Å². The number of carbonyl (C=O) groups is 3. The van der Waals surface area contributed by atoms with Crippen molar-refractivity contribution in [1.82, 2.24) is 9.80 Å². The second-order valence-electron chi connectivity index (χ2n) is 5.82. The fourth-order valence-electron chi connectivity index (χ4n) is 2.75. The molecule has 3 amide bonds. The van der Waals surface area contributed by atoms with Gasteiger partial charge in [0.15, 0.2) is 0 Å². The molecule has 1 aliphatic rings. The molecule has 25 heavy (non-hydrogen) atoms. The Morgan fingerprint density at radius 1 is 0.920 bits per heavy atom. The highest BCUT2D eigenvalue weighted by Crippen LogP contribution is 2.16. The van der Waals surface area contributed by atoms with Gasteiger partial charge in [0.05, 0.1) is 4.88 Å². The Balaban J connectivity index is 1.58. The van der Waals surface area contributed by atoms with Crippen LogP contribution in [0.1, 0.15) is 27.0 Å². The summed E-state index contributed by atoms with van der Waals surface area (Å²) in [6.45, 7) is 3.54. The minimum atomic E-state index is -0.148. The predicted octanol–water partition coefficient (Wildman–Crippen LogP) is 2.30. The SMILES string of the molecule is CC(=O)Nc1ccc(C(=O)N2CCN(C(=O)c3cccs3)CC2)cc1. The summed E-state index contributed by atoms with van der Waals surface area (Å²) in [7, 11) is 0. The number of hydrogen-bond acceptors (Lipinski definition) is 4. The van der Waals surface area contributed by atoms with Crippen molar-refractivity contribution < 1.29 is 14.4 Å². The van der Waals surface area contributed by atoms with E-state index in [-0.39, 0.29) is 17.7 Å². The second kappa shape index (κ2) is 7.48. The van der Waals surface area contributed by atoms with Crippen molar-refractivity contribution in [1.29, 1.82) is 0 Å². The summed E-state index contributed by atoms with van der Waals surface area (Å²) < 4.78 is 0. The lowest BCUT2D eigenvalue weighted by atomic mass is 10.1. The first-order valence-corrected chi connectivity index (χ1v) is 8.92. The highest BCUT2D eigenvalue weighted by molar-refractivity contribution is 7.12. The third-order valence-corrected chi connectivity index (χ3v) is 4.90. The summed E-state index contributed by atoms with van der Waals surface area (Å²) in [4.78, 5) is 40.2. The highest BCUT2D eigenvalue weighted by Gasteiger charge is 2.25. The maximum atomic E-state index is 12.6. The Morgan fingerprint density at radius 3 is 2.04 bits per heavy atom. The molecule has 0 spiro atoms. The quantitative estimate of drug-likeness (QED) is 0.916. The average molecular weight is 357 g/mol. The van der Waals surface area contributed by atoms with Gasteiger partial charge in [-0.3, -0.25) is 14.4 Å². The Bertz CT molecular complexity index is 763. The van der Waals surface area contributed by atoms with Gasteiger partial charge >= 0.3 is 0 Å². The molecule has 1 aliphatic heterocycles. The van der Waals surface area contributed by atoms with Crippen LogP contribution in [-0.2, 0) is 4.79 Å². The topological polar surface area (TPSA) is 69.7 Å². The van der Waals surface area contributed by atoms with Gasteiger partial charge in [0.25, 0.3) is 11.8 Å². The Morgan fingerprint density at radius 2 is 1.52 bits per heavy atom. The Kier molecular flexibility index (Phi) is 5.14. The van der Waals surface area contributed by atoms with E-state index in [1.165, 1.54) is 18.3 Å². The number of benzene rings is 1. The lowest BCUT2D eigenvalue weighted by molar-refractivity contribution is -0.114. The molecular formula is C18H19N3O3S. The molecule has 1 N–H and O–H groups in total. The summed E-state index contributed by atoms with van der Waals surface area (Å²) in [6, 6.07) is 10.5. The number of nitrogens with zero attached hydrogens (tertiary/aromatic N) is 2. The lowest BCUT2D eigenvalue weighted by Crippen LogP contribution is -2.50. The monoisotopic (exact) mass is 357 g/mol. The maximum absolute atomic E-state index is 12.6. The predicted molar refractivity (Wildman–Crippen MR) is 96.9 cm³/mol. The van der Waals surface area contributed by atoms with Crippen molar-refractivity contribution >= 4 is 34.7 Å². The molecule has 1 aromatic carbocycles. The largest absolute Gasteiger partial charge is 0.335 e. The van der Waals surface area contributed by atoms with Crippen molar-refractivity contribution in [3.8, 4) is 0 Å². The molecule has 0 atom stereocenters. The van der Waals surface area contributed by atoms with Crippen molar-refractivity contribution in [2.24, 2.45) is 0 Å². The third kappa shape index (κ3) is 4.06. The zero-order valence-corrected chi connectivity index (χ0v) is 14.7. The van der Waals surface area contributed by atoms with E-state index in [4.69, 9.17) is 0 Å². The van der Waals surface area contributed by atoms with E-state index in [1.54, 1.807) is 34.1 Å². The molecule has 1 saturated heterocycles. The van der Waals surface area contributed by atoms with Gasteiger partial charge in [-0.05, 0) is 35.7 Å². The summed E-state index contributed by atoms with van der Waals surface area (Å²) in [5.74, 6) is -0.176. The molecule has 1 fully saturated rings. The first kappa shape index (κ1) is 17.2. The highest BCUT2D eigenvalue weighted by atomic mass is 32.1. The molecular weight excluding hydrogens is 338 g/mol. The van der Waals surface area contributed by atoms with E-state index in [9.17, 15) is 14.4 Å². The van der Waals surface area contributed by atoms with Gasteiger partial charge in [-0.2, -0.15) is 0 Å². The summed E-state index contributed by atoms with van der Waals surface area (Å²) in [6.07, 6.45) is 0. The number of hydrogen-bond donors (Lipinski definition) is 1. The van der Waals surface area contributed by atoms with E-state index >= 15 is 0 Å². The fraction of sp³-hybridized carbons (Fsp3) is 0.278. The van der Waals surface area contributed by atoms with E-state index in [0.29, 0.717) is 37.4 Å². The zero-order valence-electron chi connectivity index (χ0n) is 13.9. The number of anilines is 1. The number of carbonyl (C=O) groups excluding carboxylic acids is 3. The molecule has 0 unspecified atom stereocenters. The Hall–Kier alpha value is -2.67. The molecule has 0 aliphatic carbocycles. The zero-order chi connectivity index (χ0) is 17.8. The average Bonchev–Trinajstić information content (AvgIpc) is 3.15. The molecule has 6 nitrogen and oxygen atoms in total. The smallest absolute Gasteiger partial charge is 0.264 e. The van der Waals surface area contributed by atoms with Crippen LogP contribution in [0.2, 0.25) is 0 Å². The fourth-order valence-corrected chi connectivity index (χ4v) is 3.44. The van der Waals surface area contributed by atoms with Gasteiger partial charge in [0.1, 0.15) is 0 Å². The van der Waals surface area contributed by atoms with Crippen molar-refractivity contribution in [2.45, 2.75) is 6.92 Å². The van der Waals surface area contributed by atoms with Crippen LogP contribution < -0.4 is 5.32 Å². The molecule has 3 rings (SSSR count). The first-order chi connectivity index (χ1) is 12.0. The number of thiophene rings is 1. The van der Waals surface area contributed by atoms with Gasteiger partial charge in [-0.15, -0.1) is 11.3 Å².